The Kier molecular flexibility index (Phi) is 5.36. The Hall–Kier alpha value is -2.55. The van der Waals surface area contributed by atoms with Crippen molar-refractivity contribution in [3.63, 3.8) is 0 Å². The first-order valence-corrected chi connectivity index (χ1v) is 8.95. The highest BCUT2D eigenvalue weighted by molar-refractivity contribution is 7.92. The van der Waals surface area contributed by atoms with Crippen molar-refractivity contribution in [3.8, 4) is 0 Å². The number of halogens is 3. The van der Waals surface area contributed by atoms with Gasteiger partial charge >= 0.3 is 0 Å². The van der Waals surface area contributed by atoms with E-state index in [-0.39, 0.29) is 11.4 Å². The van der Waals surface area contributed by atoms with Gasteiger partial charge in [-0.25, -0.2) is 21.6 Å². The van der Waals surface area contributed by atoms with Crippen LogP contribution in [-0.4, -0.2) is 26.6 Å². The van der Waals surface area contributed by atoms with Crippen molar-refractivity contribution < 1.29 is 26.4 Å². The lowest BCUT2D eigenvalue weighted by atomic mass is 10.2. The van der Waals surface area contributed by atoms with Crippen LogP contribution >= 0.6 is 0 Å². The molecule has 0 aliphatic rings. The number of rotatable bonds is 5. The van der Waals surface area contributed by atoms with E-state index in [1.807, 2.05) is 0 Å². The molecule has 0 saturated carbocycles. The van der Waals surface area contributed by atoms with Gasteiger partial charge < -0.3 is 5.32 Å². The van der Waals surface area contributed by atoms with Crippen molar-refractivity contribution in [1.82, 2.24) is 0 Å². The van der Waals surface area contributed by atoms with E-state index in [2.05, 4.69) is 5.32 Å². The van der Waals surface area contributed by atoms with Gasteiger partial charge in [-0.05, 0) is 43.3 Å². The van der Waals surface area contributed by atoms with E-state index in [1.165, 1.54) is 19.1 Å². The molecule has 1 N–H and O–H groups in total. The van der Waals surface area contributed by atoms with Crippen LogP contribution in [0.2, 0.25) is 0 Å². The maximum absolute atomic E-state index is 13.4. The van der Waals surface area contributed by atoms with Gasteiger partial charge in [0, 0.05) is 11.8 Å². The summed E-state index contributed by atoms with van der Waals surface area (Å²) in [5.74, 6) is -3.59. The SMILES string of the molecule is C[C@H](C(=O)Nc1ccc(F)cc1)N(c1ccc(F)c(F)c1)S(C)(=O)=O. The van der Waals surface area contributed by atoms with Gasteiger partial charge in [-0.2, -0.15) is 0 Å². The third-order valence-corrected chi connectivity index (χ3v) is 4.60. The molecule has 0 fully saturated rings. The van der Waals surface area contributed by atoms with Crippen molar-refractivity contribution in [2.45, 2.75) is 13.0 Å². The molecule has 2 aromatic carbocycles. The zero-order chi connectivity index (χ0) is 18.8. The van der Waals surface area contributed by atoms with Gasteiger partial charge in [-0.1, -0.05) is 0 Å². The average Bonchev–Trinajstić information content (AvgIpc) is 2.51. The van der Waals surface area contributed by atoms with Gasteiger partial charge in [0.05, 0.1) is 11.9 Å². The first-order valence-electron chi connectivity index (χ1n) is 7.10. The second-order valence-corrected chi connectivity index (χ2v) is 7.19. The van der Waals surface area contributed by atoms with E-state index in [0.717, 1.165) is 30.5 Å². The van der Waals surface area contributed by atoms with E-state index >= 15 is 0 Å². The topological polar surface area (TPSA) is 66.5 Å². The lowest BCUT2D eigenvalue weighted by Crippen LogP contribution is -2.45. The summed E-state index contributed by atoms with van der Waals surface area (Å²) in [7, 11) is -3.97. The summed E-state index contributed by atoms with van der Waals surface area (Å²) in [6.45, 7) is 1.29. The fraction of sp³-hybridized carbons (Fsp3) is 0.188. The molecule has 1 amide bonds. The molecule has 0 bridgehead atoms. The van der Waals surface area contributed by atoms with Gasteiger partial charge in [-0.15, -0.1) is 0 Å². The fourth-order valence-corrected chi connectivity index (χ4v) is 3.38. The van der Waals surface area contributed by atoms with Gasteiger partial charge in [0.1, 0.15) is 11.9 Å². The maximum atomic E-state index is 13.4. The standard InChI is InChI=1S/C16H15F3N2O3S/c1-10(16(22)20-12-5-3-11(17)4-6-12)21(25(2,23)24)13-7-8-14(18)15(19)9-13/h3-10H,1-2H3,(H,20,22)/t10-/m1/s1. The summed E-state index contributed by atoms with van der Waals surface area (Å²) in [4.78, 5) is 12.3. The van der Waals surface area contributed by atoms with E-state index in [4.69, 9.17) is 0 Å². The van der Waals surface area contributed by atoms with Crippen LogP contribution in [0.5, 0.6) is 0 Å². The zero-order valence-electron chi connectivity index (χ0n) is 13.3. The molecular formula is C16H15F3N2O3S. The molecular weight excluding hydrogens is 357 g/mol. The van der Waals surface area contributed by atoms with Crippen LogP contribution in [0.4, 0.5) is 24.5 Å². The second-order valence-electron chi connectivity index (χ2n) is 5.33. The Bertz CT molecular complexity index is 886. The number of nitrogens with one attached hydrogen (secondary N) is 1. The highest BCUT2D eigenvalue weighted by Crippen LogP contribution is 2.23. The summed E-state index contributed by atoms with van der Waals surface area (Å²) < 4.78 is 64.2. The number of carbonyl (C=O) groups excluding carboxylic acids is 1. The summed E-state index contributed by atoms with van der Waals surface area (Å²) in [6.07, 6.45) is 0.843. The lowest BCUT2D eigenvalue weighted by Gasteiger charge is -2.28. The molecule has 0 aromatic heterocycles. The molecule has 0 heterocycles. The highest BCUT2D eigenvalue weighted by atomic mass is 32.2. The summed E-state index contributed by atoms with van der Waals surface area (Å²) >= 11 is 0. The highest BCUT2D eigenvalue weighted by Gasteiger charge is 2.29. The summed E-state index contributed by atoms with van der Waals surface area (Å²) in [5, 5.41) is 2.44. The van der Waals surface area contributed by atoms with Crippen LogP contribution < -0.4 is 9.62 Å². The van der Waals surface area contributed by atoms with Crippen LogP contribution in [0.3, 0.4) is 0 Å². The number of anilines is 2. The summed E-state index contributed by atoms with van der Waals surface area (Å²) in [5.41, 5.74) is 0.0696. The van der Waals surface area contributed by atoms with Gasteiger partial charge in [0.2, 0.25) is 15.9 Å². The molecule has 5 nitrogen and oxygen atoms in total. The Labute approximate surface area is 143 Å². The van der Waals surface area contributed by atoms with Crippen molar-refractivity contribution in [1.29, 1.82) is 0 Å². The number of hydrogen-bond acceptors (Lipinski definition) is 3. The maximum Gasteiger partial charge on any atom is 0.247 e. The second kappa shape index (κ2) is 7.14. The minimum atomic E-state index is -3.97. The predicted octanol–water partition coefficient (Wildman–Crippen LogP) is 2.90. The van der Waals surface area contributed by atoms with Crippen LogP contribution in [0.25, 0.3) is 0 Å². The number of amides is 1. The molecule has 2 rings (SSSR count). The first-order chi connectivity index (χ1) is 11.6. The molecule has 0 spiro atoms. The average molecular weight is 372 g/mol. The van der Waals surface area contributed by atoms with Crippen LogP contribution in [-0.2, 0) is 14.8 Å². The van der Waals surface area contributed by atoms with E-state index < -0.39 is 39.4 Å². The monoisotopic (exact) mass is 372 g/mol. The Morgan fingerprint density at radius 1 is 1.04 bits per heavy atom. The number of benzene rings is 2. The number of carbonyl (C=O) groups is 1. The van der Waals surface area contributed by atoms with Crippen molar-refractivity contribution >= 4 is 27.3 Å². The van der Waals surface area contributed by atoms with Crippen molar-refractivity contribution in [2.75, 3.05) is 15.9 Å². The van der Waals surface area contributed by atoms with E-state index in [1.54, 1.807) is 0 Å². The van der Waals surface area contributed by atoms with E-state index in [9.17, 15) is 26.4 Å². The van der Waals surface area contributed by atoms with Crippen molar-refractivity contribution in [3.05, 3.63) is 59.9 Å². The smallest absolute Gasteiger partial charge is 0.247 e. The van der Waals surface area contributed by atoms with Crippen LogP contribution in [0.1, 0.15) is 6.92 Å². The van der Waals surface area contributed by atoms with Gasteiger partial charge in [-0.3, -0.25) is 9.10 Å². The zero-order valence-corrected chi connectivity index (χ0v) is 14.1. The third-order valence-electron chi connectivity index (χ3n) is 3.36. The molecule has 0 radical (unpaired) electrons. The molecule has 1 atom stereocenters. The Morgan fingerprint density at radius 3 is 2.16 bits per heavy atom. The van der Waals surface area contributed by atoms with Gasteiger partial charge in [0.25, 0.3) is 0 Å². The third kappa shape index (κ3) is 4.50. The molecule has 25 heavy (non-hydrogen) atoms. The Balaban J connectivity index is 2.32. The summed E-state index contributed by atoms with van der Waals surface area (Å²) in [6, 6.07) is 6.13. The normalized spacial score (nSPS) is 12.5. The minimum Gasteiger partial charge on any atom is -0.324 e. The first kappa shape index (κ1) is 18.8. The lowest BCUT2D eigenvalue weighted by molar-refractivity contribution is -0.116. The Morgan fingerprint density at radius 2 is 1.64 bits per heavy atom. The van der Waals surface area contributed by atoms with Crippen molar-refractivity contribution in [2.24, 2.45) is 0 Å². The quantitative estimate of drug-likeness (QED) is 0.878. The number of hydrogen-bond donors (Lipinski definition) is 1. The van der Waals surface area contributed by atoms with Crippen LogP contribution in [0.15, 0.2) is 42.5 Å². The molecule has 2 aromatic rings. The number of nitrogens with zero attached hydrogens (tertiary/aromatic N) is 1. The fourth-order valence-electron chi connectivity index (χ4n) is 2.21. The van der Waals surface area contributed by atoms with Crippen LogP contribution in [0, 0.1) is 17.5 Å². The minimum absolute atomic E-state index is 0.192. The molecule has 0 aliphatic carbocycles. The predicted molar refractivity (Wildman–Crippen MR) is 88.2 cm³/mol. The molecule has 134 valence electrons. The molecule has 0 aliphatic heterocycles. The molecule has 9 heteroatoms. The largest absolute Gasteiger partial charge is 0.324 e. The molecule has 0 saturated heterocycles. The molecule has 0 unspecified atom stereocenters. The van der Waals surface area contributed by atoms with E-state index in [0.29, 0.717) is 10.4 Å². The number of sulfonamides is 1. The van der Waals surface area contributed by atoms with Gasteiger partial charge in [0.15, 0.2) is 11.6 Å².